The molecule has 1 aromatic carbocycles. The number of amides is 1. The Hall–Kier alpha value is -3.49. The monoisotopic (exact) mass is 402 g/mol. The quantitative estimate of drug-likeness (QED) is 0.289. The highest BCUT2D eigenvalue weighted by atomic mass is 16.5. The van der Waals surface area contributed by atoms with Gasteiger partial charge in [-0.25, -0.2) is 4.79 Å². The van der Waals surface area contributed by atoms with Gasteiger partial charge in [0.15, 0.2) is 0 Å². The maximum Gasteiger partial charge on any atom is 0.326 e. The third-order valence-electron chi connectivity index (χ3n) is 4.45. The molecule has 29 heavy (non-hydrogen) atoms. The van der Waals surface area contributed by atoms with Gasteiger partial charge < -0.3 is 30.4 Å². The number of Topliss-reactive ketones (excluding diaryl/α,β-unsaturated/α-hetero) is 1. The van der Waals surface area contributed by atoms with Gasteiger partial charge in [0.25, 0.3) is 0 Å². The van der Waals surface area contributed by atoms with Gasteiger partial charge in [-0.2, -0.15) is 4.79 Å². The Balaban J connectivity index is 2.12. The maximum atomic E-state index is 12.6. The third kappa shape index (κ3) is 5.50. The number of aliphatic carboxylic acids is 1. The van der Waals surface area contributed by atoms with Gasteiger partial charge in [0.05, 0.1) is 7.11 Å². The smallest absolute Gasteiger partial charge is 0.326 e. The average molecular weight is 402 g/mol. The maximum absolute atomic E-state index is 12.6. The first kappa shape index (κ1) is 21.8. The predicted octanol–water partition coefficient (Wildman–Crippen LogP) is 0.953. The van der Waals surface area contributed by atoms with Crippen LogP contribution in [0.2, 0.25) is 0 Å². The van der Waals surface area contributed by atoms with Crippen molar-refractivity contribution in [1.29, 1.82) is 0 Å². The summed E-state index contributed by atoms with van der Waals surface area (Å²) >= 11 is 0. The Morgan fingerprint density at radius 3 is 2.72 bits per heavy atom. The number of carbonyl (C=O) groups excluding carboxylic acids is 2. The number of fused-ring (bicyclic) bond motifs is 1. The van der Waals surface area contributed by atoms with E-state index in [1.165, 1.54) is 7.11 Å². The second-order valence-electron chi connectivity index (χ2n) is 6.27. The number of carbonyl (C=O) groups is 3. The molecular formula is C19H22N4O6. The third-order valence-corrected chi connectivity index (χ3v) is 4.45. The summed E-state index contributed by atoms with van der Waals surface area (Å²) < 4.78 is 10.6. The number of ether oxygens (including phenoxy) is 2. The van der Waals surface area contributed by atoms with E-state index < -0.39 is 29.8 Å². The molecule has 0 aliphatic carbocycles. The number of aromatic amines is 1. The molecule has 10 heteroatoms. The molecule has 1 heterocycles. The summed E-state index contributed by atoms with van der Waals surface area (Å²) in [4.78, 5) is 41.1. The molecular weight excluding hydrogens is 380 g/mol. The zero-order valence-corrected chi connectivity index (χ0v) is 16.0. The molecule has 154 valence electrons. The first-order valence-electron chi connectivity index (χ1n) is 8.80. The zero-order chi connectivity index (χ0) is 21.4. The molecule has 1 amide bonds. The highest BCUT2D eigenvalue weighted by molar-refractivity contribution is 6.25. The van der Waals surface area contributed by atoms with Gasteiger partial charge in [-0.3, -0.25) is 9.59 Å². The number of carboxylic acid groups (broad SMARTS) is 1. The van der Waals surface area contributed by atoms with Crippen LogP contribution in [0.3, 0.4) is 0 Å². The summed E-state index contributed by atoms with van der Waals surface area (Å²) in [6.07, 6.45) is 1.32. The van der Waals surface area contributed by atoms with Crippen LogP contribution in [0.25, 0.3) is 16.4 Å². The molecule has 2 aromatic rings. The van der Waals surface area contributed by atoms with Crippen molar-refractivity contribution in [3.8, 4) is 5.75 Å². The van der Waals surface area contributed by atoms with E-state index in [0.29, 0.717) is 12.0 Å². The Morgan fingerprint density at radius 1 is 1.34 bits per heavy atom. The minimum Gasteiger partial charge on any atom is -0.496 e. The number of H-pyrrole nitrogens is 1. The van der Waals surface area contributed by atoms with Crippen LogP contribution < -0.4 is 10.1 Å². The first-order valence-corrected chi connectivity index (χ1v) is 8.80. The van der Waals surface area contributed by atoms with Gasteiger partial charge in [-0.15, -0.1) is 0 Å². The molecule has 0 aliphatic heterocycles. The first-order chi connectivity index (χ1) is 13.9. The molecule has 0 fully saturated rings. The van der Waals surface area contributed by atoms with Crippen molar-refractivity contribution in [2.24, 2.45) is 0 Å². The molecule has 0 aliphatic rings. The fourth-order valence-electron chi connectivity index (χ4n) is 2.97. The number of rotatable bonds is 11. The molecule has 0 saturated heterocycles. The highest BCUT2D eigenvalue weighted by Gasteiger charge is 2.27. The number of nitrogens with zero attached hydrogens (tertiary/aromatic N) is 2. The molecule has 0 bridgehead atoms. The van der Waals surface area contributed by atoms with Crippen molar-refractivity contribution in [3.63, 3.8) is 0 Å². The summed E-state index contributed by atoms with van der Waals surface area (Å²) in [7, 11) is 2.90. The zero-order valence-electron chi connectivity index (χ0n) is 16.0. The lowest BCUT2D eigenvalue weighted by atomic mass is 10.0. The van der Waals surface area contributed by atoms with Gasteiger partial charge in [0.2, 0.25) is 11.7 Å². The number of ketones is 1. The van der Waals surface area contributed by atoms with Crippen LogP contribution in [0.1, 0.15) is 18.4 Å². The van der Waals surface area contributed by atoms with Gasteiger partial charge in [0, 0.05) is 37.1 Å². The Morgan fingerprint density at radius 2 is 2.10 bits per heavy atom. The molecule has 10 nitrogen and oxygen atoms in total. The van der Waals surface area contributed by atoms with Crippen molar-refractivity contribution < 1.29 is 33.8 Å². The Bertz CT molecular complexity index is 947. The van der Waals surface area contributed by atoms with E-state index in [2.05, 4.69) is 15.1 Å². The lowest BCUT2D eigenvalue weighted by Crippen LogP contribution is -2.46. The standard InChI is InChI=1S/C19H22N4O6/c1-28-15-5-3-4-13-17(15)11(9-21-13)8-16(29-2)18(25)23-14(19(26)27)7-6-12(24)10-22-20/h3-5,9-10,14,16,21H,6-8H2,1-2H3,(H,23,25)(H,26,27). The minimum absolute atomic E-state index is 0.150. The van der Waals surface area contributed by atoms with Crippen LogP contribution in [-0.2, 0) is 25.5 Å². The van der Waals surface area contributed by atoms with Gasteiger partial charge >= 0.3 is 12.2 Å². The fourth-order valence-corrected chi connectivity index (χ4v) is 2.97. The number of carboxylic acids is 1. The van der Waals surface area contributed by atoms with Crippen LogP contribution >= 0.6 is 0 Å². The van der Waals surface area contributed by atoms with Crippen LogP contribution in [-0.4, -0.2) is 65.1 Å². The van der Waals surface area contributed by atoms with E-state index in [4.69, 9.17) is 15.0 Å². The second kappa shape index (κ2) is 10.2. The largest absolute Gasteiger partial charge is 0.496 e. The molecule has 2 unspecified atom stereocenters. The van der Waals surface area contributed by atoms with Crippen molar-refractivity contribution in [2.45, 2.75) is 31.4 Å². The van der Waals surface area contributed by atoms with E-state index in [0.717, 1.165) is 16.5 Å². The molecule has 0 radical (unpaired) electrons. The van der Waals surface area contributed by atoms with Gasteiger partial charge in [0.1, 0.15) is 17.9 Å². The number of hydrogen-bond donors (Lipinski definition) is 3. The van der Waals surface area contributed by atoms with Crippen molar-refractivity contribution in [1.82, 2.24) is 10.3 Å². The van der Waals surface area contributed by atoms with Gasteiger partial charge in [-0.05, 0) is 24.1 Å². The summed E-state index contributed by atoms with van der Waals surface area (Å²) in [6.45, 7) is 0. The number of nitrogens with one attached hydrogen (secondary N) is 2. The Labute approximate surface area is 166 Å². The van der Waals surface area contributed by atoms with E-state index in [1.54, 1.807) is 19.4 Å². The number of methoxy groups -OCH3 is 2. The van der Waals surface area contributed by atoms with Crippen molar-refractivity contribution >= 4 is 34.8 Å². The van der Waals surface area contributed by atoms with Crippen LogP contribution in [0.15, 0.2) is 24.4 Å². The number of aromatic nitrogens is 1. The van der Waals surface area contributed by atoms with Crippen LogP contribution in [0.4, 0.5) is 0 Å². The molecule has 3 N–H and O–H groups in total. The second-order valence-corrected chi connectivity index (χ2v) is 6.27. The lowest BCUT2D eigenvalue weighted by Gasteiger charge is -2.19. The lowest BCUT2D eigenvalue weighted by molar-refractivity contribution is -0.144. The highest BCUT2D eigenvalue weighted by Crippen LogP contribution is 2.29. The molecule has 0 saturated carbocycles. The Kier molecular flexibility index (Phi) is 7.64. The molecule has 2 atom stereocenters. The van der Waals surface area contributed by atoms with Crippen molar-refractivity contribution in [3.05, 3.63) is 35.5 Å². The average Bonchev–Trinajstić information content (AvgIpc) is 3.12. The number of hydrogen-bond acceptors (Lipinski definition) is 5. The van der Waals surface area contributed by atoms with Gasteiger partial charge in [-0.1, -0.05) is 6.07 Å². The molecule has 0 spiro atoms. The van der Waals surface area contributed by atoms with Crippen molar-refractivity contribution in [2.75, 3.05) is 14.2 Å². The van der Waals surface area contributed by atoms with E-state index in [9.17, 15) is 19.5 Å². The predicted molar refractivity (Wildman–Crippen MR) is 103 cm³/mol. The topological polar surface area (TPSA) is 154 Å². The molecule has 1 aromatic heterocycles. The normalized spacial score (nSPS) is 12.6. The summed E-state index contributed by atoms with van der Waals surface area (Å²) in [6, 6.07) is 4.22. The van der Waals surface area contributed by atoms with E-state index >= 15 is 0 Å². The van der Waals surface area contributed by atoms with E-state index in [-0.39, 0.29) is 19.3 Å². The van der Waals surface area contributed by atoms with Crippen LogP contribution in [0, 0.1) is 0 Å². The minimum atomic E-state index is -1.28. The SMILES string of the molecule is COc1cccc2[nH]cc(CC(OC)C(=O)NC(CCC(=O)C=[N+]=[N-])C(=O)O)c12. The van der Waals surface area contributed by atoms with E-state index in [1.807, 2.05) is 12.1 Å². The summed E-state index contributed by atoms with van der Waals surface area (Å²) in [5, 5.41) is 12.5. The van der Waals surface area contributed by atoms with Crippen LogP contribution in [0.5, 0.6) is 5.75 Å². The number of benzene rings is 1. The summed E-state index contributed by atoms with van der Waals surface area (Å²) in [5.74, 6) is -1.81. The molecule has 2 rings (SSSR count). The fraction of sp³-hybridized carbons (Fsp3) is 0.368. The summed E-state index contributed by atoms with van der Waals surface area (Å²) in [5.41, 5.74) is 9.94.